The molecule has 2 heterocycles. The molecule has 0 radical (unpaired) electrons. The van der Waals surface area contributed by atoms with Gasteiger partial charge in [0.05, 0.1) is 4.90 Å². The highest BCUT2D eigenvalue weighted by Gasteiger charge is 2.20. The minimum Gasteiger partial charge on any atom is -0.457 e. The Morgan fingerprint density at radius 1 is 1.17 bits per heavy atom. The molecule has 154 valence electrons. The number of anilines is 1. The van der Waals surface area contributed by atoms with Gasteiger partial charge in [-0.1, -0.05) is 24.3 Å². The molecule has 1 aliphatic rings. The molecule has 0 bridgehead atoms. The Hall–Kier alpha value is -3.39. The summed E-state index contributed by atoms with van der Waals surface area (Å²) < 4.78 is 34.8. The maximum absolute atomic E-state index is 12.6. The third-order valence-electron chi connectivity index (χ3n) is 4.80. The van der Waals surface area contributed by atoms with E-state index in [4.69, 9.17) is 4.42 Å². The average molecular weight is 423 g/mol. The number of sulfonamides is 1. The Labute approximate surface area is 174 Å². The van der Waals surface area contributed by atoms with Crippen molar-refractivity contribution in [3.05, 3.63) is 66.4 Å². The SMILES string of the molecule is CN1CCC/C1=N\S(=O)(=O)c1cccc(NC(=O)/C=C/c2cc3ccccc3o2)c1. The smallest absolute Gasteiger partial charge is 0.284 e. The van der Waals surface area contributed by atoms with E-state index in [1.54, 1.807) is 18.2 Å². The molecule has 1 aromatic heterocycles. The number of benzene rings is 2. The first-order chi connectivity index (χ1) is 14.4. The summed E-state index contributed by atoms with van der Waals surface area (Å²) in [6.07, 6.45) is 4.43. The highest BCUT2D eigenvalue weighted by molar-refractivity contribution is 7.90. The first-order valence-corrected chi connectivity index (χ1v) is 11.0. The molecular formula is C22H21N3O4S. The molecular weight excluding hydrogens is 402 g/mol. The van der Waals surface area contributed by atoms with E-state index < -0.39 is 15.9 Å². The molecule has 1 fully saturated rings. The van der Waals surface area contributed by atoms with Crippen LogP contribution in [0.2, 0.25) is 0 Å². The highest BCUT2D eigenvalue weighted by Crippen LogP contribution is 2.21. The topological polar surface area (TPSA) is 92.0 Å². The Morgan fingerprint density at radius 3 is 2.77 bits per heavy atom. The van der Waals surface area contributed by atoms with Crippen LogP contribution in [-0.4, -0.2) is 38.7 Å². The summed E-state index contributed by atoms with van der Waals surface area (Å²) >= 11 is 0. The molecule has 0 aliphatic carbocycles. The van der Waals surface area contributed by atoms with Gasteiger partial charge < -0.3 is 14.6 Å². The van der Waals surface area contributed by atoms with Crippen molar-refractivity contribution in [3.8, 4) is 0 Å². The minimum absolute atomic E-state index is 0.0364. The van der Waals surface area contributed by atoms with E-state index in [9.17, 15) is 13.2 Å². The zero-order valence-electron chi connectivity index (χ0n) is 16.4. The largest absolute Gasteiger partial charge is 0.457 e. The summed E-state index contributed by atoms with van der Waals surface area (Å²) in [6.45, 7) is 0.794. The second-order valence-corrected chi connectivity index (χ2v) is 8.65. The fraction of sp³-hybridized carbons (Fsp3) is 0.182. The lowest BCUT2D eigenvalue weighted by atomic mass is 10.2. The van der Waals surface area contributed by atoms with E-state index in [0.29, 0.717) is 23.7 Å². The molecule has 1 saturated heterocycles. The number of para-hydroxylation sites is 1. The van der Waals surface area contributed by atoms with Crippen LogP contribution in [0.4, 0.5) is 5.69 Å². The Kier molecular flexibility index (Phi) is 5.41. The van der Waals surface area contributed by atoms with Gasteiger partial charge in [0, 0.05) is 37.2 Å². The molecule has 2 aromatic carbocycles. The van der Waals surface area contributed by atoms with Crippen LogP contribution in [0, 0.1) is 0 Å². The van der Waals surface area contributed by atoms with Crippen molar-refractivity contribution in [2.24, 2.45) is 4.40 Å². The van der Waals surface area contributed by atoms with Crippen molar-refractivity contribution in [2.75, 3.05) is 18.9 Å². The minimum atomic E-state index is -3.84. The van der Waals surface area contributed by atoms with E-state index in [-0.39, 0.29) is 4.90 Å². The number of hydrogen-bond donors (Lipinski definition) is 1. The zero-order valence-corrected chi connectivity index (χ0v) is 17.2. The van der Waals surface area contributed by atoms with Crippen molar-refractivity contribution in [2.45, 2.75) is 17.7 Å². The van der Waals surface area contributed by atoms with Gasteiger partial charge in [0.25, 0.3) is 10.0 Å². The lowest BCUT2D eigenvalue weighted by Crippen LogP contribution is -2.20. The molecule has 0 spiro atoms. The summed E-state index contributed by atoms with van der Waals surface area (Å²) in [6, 6.07) is 15.5. The fourth-order valence-electron chi connectivity index (χ4n) is 3.26. The maximum Gasteiger partial charge on any atom is 0.284 e. The zero-order chi connectivity index (χ0) is 21.1. The van der Waals surface area contributed by atoms with Gasteiger partial charge in [-0.25, -0.2) is 0 Å². The number of likely N-dealkylation sites (tertiary alicyclic amines) is 1. The molecule has 0 atom stereocenters. The van der Waals surface area contributed by atoms with Crippen LogP contribution in [0.25, 0.3) is 17.0 Å². The molecule has 1 N–H and O–H groups in total. The molecule has 7 nitrogen and oxygen atoms in total. The molecule has 1 aliphatic heterocycles. The molecule has 3 aromatic rings. The van der Waals surface area contributed by atoms with E-state index >= 15 is 0 Å². The van der Waals surface area contributed by atoms with Crippen molar-refractivity contribution < 1.29 is 17.6 Å². The third-order valence-corrected chi connectivity index (χ3v) is 6.10. The lowest BCUT2D eigenvalue weighted by molar-refractivity contribution is -0.111. The van der Waals surface area contributed by atoms with Gasteiger partial charge in [-0.05, 0) is 42.8 Å². The van der Waals surface area contributed by atoms with Gasteiger partial charge in [-0.3, -0.25) is 4.79 Å². The normalized spacial score (nSPS) is 16.0. The Balaban J connectivity index is 1.48. The van der Waals surface area contributed by atoms with E-state index in [1.165, 1.54) is 18.2 Å². The van der Waals surface area contributed by atoms with Gasteiger partial charge >= 0.3 is 0 Å². The van der Waals surface area contributed by atoms with Crippen LogP contribution in [0.1, 0.15) is 18.6 Å². The molecule has 4 rings (SSSR count). The molecule has 8 heteroatoms. The number of rotatable bonds is 5. The lowest BCUT2D eigenvalue weighted by Gasteiger charge is -2.11. The Bertz CT molecular complexity index is 1230. The number of hydrogen-bond acceptors (Lipinski definition) is 4. The van der Waals surface area contributed by atoms with Crippen LogP contribution in [-0.2, 0) is 14.8 Å². The van der Waals surface area contributed by atoms with Gasteiger partial charge in [-0.15, -0.1) is 4.40 Å². The predicted molar refractivity (Wildman–Crippen MR) is 117 cm³/mol. The van der Waals surface area contributed by atoms with Crippen molar-refractivity contribution >= 4 is 44.5 Å². The summed E-state index contributed by atoms with van der Waals surface area (Å²) in [7, 11) is -2.02. The number of carbonyl (C=O) groups is 1. The summed E-state index contributed by atoms with van der Waals surface area (Å²) in [5, 5.41) is 3.62. The standard InChI is InChI=1S/C22H21N3O4S/c1-25-13-5-10-21(25)24-30(27,28)19-8-4-7-17(15-19)23-22(26)12-11-18-14-16-6-2-3-9-20(16)29-18/h2-4,6-9,11-12,14-15H,5,10,13H2,1H3,(H,23,26)/b12-11+,24-21+. The fourth-order valence-corrected chi connectivity index (χ4v) is 4.40. The molecule has 0 saturated carbocycles. The predicted octanol–water partition coefficient (Wildman–Crippen LogP) is 3.90. The monoisotopic (exact) mass is 423 g/mol. The number of nitrogens with one attached hydrogen (secondary N) is 1. The summed E-state index contributed by atoms with van der Waals surface area (Å²) in [5.74, 6) is 0.712. The van der Waals surface area contributed by atoms with E-state index in [0.717, 1.165) is 23.9 Å². The molecule has 0 unspecified atom stereocenters. The first kappa shape index (κ1) is 19.9. The van der Waals surface area contributed by atoms with Crippen LogP contribution >= 0.6 is 0 Å². The van der Waals surface area contributed by atoms with Crippen molar-refractivity contribution in [1.29, 1.82) is 0 Å². The second kappa shape index (κ2) is 8.16. The van der Waals surface area contributed by atoms with Crippen LogP contribution in [0.5, 0.6) is 0 Å². The van der Waals surface area contributed by atoms with Crippen molar-refractivity contribution in [1.82, 2.24) is 4.90 Å². The van der Waals surface area contributed by atoms with Crippen LogP contribution < -0.4 is 5.32 Å². The van der Waals surface area contributed by atoms with E-state index in [1.807, 2.05) is 42.3 Å². The third kappa shape index (κ3) is 4.44. The number of amides is 1. The number of nitrogens with zero attached hydrogens (tertiary/aromatic N) is 2. The quantitative estimate of drug-likeness (QED) is 0.629. The van der Waals surface area contributed by atoms with Crippen LogP contribution in [0.15, 0.2) is 74.4 Å². The van der Waals surface area contributed by atoms with Crippen molar-refractivity contribution in [3.63, 3.8) is 0 Å². The van der Waals surface area contributed by atoms with Gasteiger partial charge in [-0.2, -0.15) is 8.42 Å². The number of amidine groups is 1. The summed E-state index contributed by atoms with van der Waals surface area (Å²) in [5.41, 5.74) is 1.11. The average Bonchev–Trinajstić information content (AvgIpc) is 3.32. The molecule has 1 amide bonds. The van der Waals surface area contributed by atoms with Crippen LogP contribution in [0.3, 0.4) is 0 Å². The Morgan fingerprint density at radius 2 is 2.00 bits per heavy atom. The highest BCUT2D eigenvalue weighted by atomic mass is 32.2. The van der Waals surface area contributed by atoms with Gasteiger partial charge in [0.15, 0.2) is 0 Å². The van der Waals surface area contributed by atoms with Gasteiger partial charge in [0.2, 0.25) is 5.91 Å². The van der Waals surface area contributed by atoms with Gasteiger partial charge in [0.1, 0.15) is 17.2 Å². The number of carbonyl (C=O) groups excluding carboxylic acids is 1. The van der Waals surface area contributed by atoms with E-state index in [2.05, 4.69) is 9.71 Å². The first-order valence-electron chi connectivity index (χ1n) is 9.53. The molecule has 30 heavy (non-hydrogen) atoms. The number of furan rings is 1. The number of fused-ring (bicyclic) bond motifs is 1. The maximum atomic E-state index is 12.6. The second-order valence-electron chi connectivity index (χ2n) is 7.04. The summed E-state index contributed by atoms with van der Waals surface area (Å²) in [4.78, 5) is 14.1.